The highest BCUT2D eigenvalue weighted by atomic mass is 16.2. The molecule has 3 rings (SSSR count). The lowest BCUT2D eigenvalue weighted by atomic mass is 10.1. The Morgan fingerprint density at radius 2 is 2.08 bits per heavy atom. The Kier molecular flexibility index (Phi) is 4.59. The summed E-state index contributed by atoms with van der Waals surface area (Å²) >= 11 is 0. The quantitative estimate of drug-likeness (QED) is 0.883. The van der Waals surface area contributed by atoms with Gasteiger partial charge in [0.2, 0.25) is 5.95 Å². The molecule has 1 atom stereocenters. The number of rotatable bonds is 3. The number of nitrogens with zero attached hydrogens (tertiary/aromatic N) is 3. The molecule has 24 heavy (non-hydrogen) atoms. The number of carbonyl (C=O) groups excluding carboxylic acids is 1. The van der Waals surface area contributed by atoms with Crippen LogP contribution >= 0.6 is 0 Å². The molecule has 2 aromatic heterocycles. The zero-order valence-electron chi connectivity index (χ0n) is 13.9. The first-order chi connectivity index (χ1) is 11.5. The van der Waals surface area contributed by atoms with Gasteiger partial charge < -0.3 is 15.2 Å². The summed E-state index contributed by atoms with van der Waals surface area (Å²) in [5.41, 5.74) is 1.48. The van der Waals surface area contributed by atoms with E-state index in [2.05, 4.69) is 25.2 Å². The second kappa shape index (κ2) is 6.82. The first-order valence-electron chi connectivity index (χ1n) is 8.08. The monoisotopic (exact) mass is 327 g/mol. The van der Waals surface area contributed by atoms with Gasteiger partial charge in [-0.3, -0.25) is 9.59 Å². The van der Waals surface area contributed by atoms with Crippen LogP contribution < -0.4 is 15.8 Å². The molecule has 0 bridgehead atoms. The van der Waals surface area contributed by atoms with Crippen molar-refractivity contribution in [3.63, 3.8) is 0 Å². The molecule has 1 saturated heterocycles. The molecule has 0 unspecified atom stereocenters. The van der Waals surface area contributed by atoms with E-state index in [1.54, 1.807) is 24.5 Å². The fraction of sp³-hybridized carbons (Fsp3) is 0.412. The van der Waals surface area contributed by atoms with Crippen LogP contribution in [0.4, 0.5) is 5.95 Å². The standard InChI is InChI=1S/C17H21N5O2/c1-11-9-14(15(23)20-12(11)2)16(24)21-13-5-3-8-22(10-13)17-18-6-4-7-19-17/h4,6-7,9,13H,3,5,8,10H2,1-2H3,(H,20,23)(H,21,24)/t13-/m0/s1. The average Bonchev–Trinajstić information content (AvgIpc) is 2.59. The fourth-order valence-electron chi connectivity index (χ4n) is 2.89. The van der Waals surface area contributed by atoms with E-state index < -0.39 is 0 Å². The number of aromatic amines is 1. The molecule has 0 aliphatic carbocycles. The van der Waals surface area contributed by atoms with Crippen LogP contribution in [0.15, 0.2) is 29.3 Å². The Morgan fingerprint density at radius 3 is 2.83 bits per heavy atom. The number of nitrogens with one attached hydrogen (secondary N) is 2. The minimum atomic E-state index is -0.352. The number of aryl methyl sites for hydroxylation is 2. The van der Waals surface area contributed by atoms with Gasteiger partial charge in [0.25, 0.3) is 11.5 Å². The molecule has 0 radical (unpaired) electrons. The molecule has 126 valence electrons. The minimum absolute atomic E-state index is 0.0314. The van der Waals surface area contributed by atoms with Crippen molar-refractivity contribution in [2.45, 2.75) is 32.7 Å². The molecular formula is C17H21N5O2. The first-order valence-corrected chi connectivity index (χ1v) is 8.08. The summed E-state index contributed by atoms with van der Waals surface area (Å²) < 4.78 is 0. The van der Waals surface area contributed by atoms with Gasteiger partial charge >= 0.3 is 0 Å². The molecule has 1 fully saturated rings. The summed E-state index contributed by atoms with van der Waals surface area (Å²) in [5.74, 6) is 0.334. The molecular weight excluding hydrogens is 306 g/mol. The van der Waals surface area contributed by atoms with Crippen molar-refractivity contribution in [3.8, 4) is 0 Å². The number of amides is 1. The van der Waals surface area contributed by atoms with E-state index in [1.165, 1.54) is 0 Å². The normalized spacial score (nSPS) is 17.6. The molecule has 1 aliphatic rings. The van der Waals surface area contributed by atoms with Crippen LogP contribution in [0.3, 0.4) is 0 Å². The van der Waals surface area contributed by atoms with Crippen LogP contribution in [0.25, 0.3) is 0 Å². The number of H-pyrrole nitrogens is 1. The Hall–Kier alpha value is -2.70. The number of carbonyl (C=O) groups is 1. The Labute approximate surface area is 140 Å². The lowest BCUT2D eigenvalue weighted by Gasteiger charge is -2.33. The Balaban J connectivity index is 1.71. The van der Waals surface area contributed by atoms with Crippen molar-refractivity contribution in [2.75, 3.05) is 18.0 Å². The summed E-state index contributed by atoms with van der Waals surface area (Å²) in [7, 11) is 0. The summed E-state index contributed by atoms with van der Waals surface area (Å²) in [6, 6.07) is 3.39. The van der Waals surface area contributed by atoms with Gasteiger partial charge in [0.1, 0.15) is 5.56 Å². The van der Waals surface area contributed by atoms with Gasteiger partial charge in [0.05, 0.1) is 0 Å². The van der Waals surface area contributed by atoms with Crippen LogP contribution in [-0.4, -0.2) is 40.0 Å². The molecule has 2 aromatic rings. The van der Waals surface area contributed by atoms with Gasteiger partial charge in [0.15, 0.2) is 0 Å². The maximum Gasteiger partial charge on any atom is 0.261 e. The molecule has 0 saturated carbocycles. The molecule has 2 N–H and O–H groups in total. The molecule has 0 aromatic carbocycles. The van der Waals surface area contributed by atoms with E-state index in [4.69, 9.17) is 0 Å². The Bertz CT molecular complexity index is 787. The van der Waals surface area contributed by atoms with Gasteiger partial charge in [-0.1, -0.05) is 0 Å². The number of pyridine rings is 1. The number of anilines is 1. The van der Waals surface area contributed by atoms with Gasteiger partial charge in [-0.25, -0.2) is 9.97 Å². The van der Waals surface area contributed by atoms with Crippen molar-refractivity contribution < 1.29 is 4.79 Å². The van der Waals surface area contributed by atoms with Crippen molar-refractivity contribution in [2.24, 2.45) is 0 Å². The van der Waals surface area contributed by atoms with Gasteiger partial charge in [-0.05, 0) is 44.4 Å². The van der Waals surface area contributed by atoms with Crippen LogP contribution in [0, 0.1) is 13.8 Å². The summed E-state index contributed by atoms with van der Waals surface area (Å²) in [6.07, 6.45) is 5.22. The van der Waals surface area contributed by atoms with Crippen molar-refractivity contribution >= 4 is 11.9 Å². The number of aromatic nitrogens is 3. The predicted molar refractivity (Wildman–Crippen MR) is 91.3 cm³/mol. The van der Waals surface area contributed by atoms with E-state index in [9.17, 15) is 9.59 Å². The lowest BCUT2D eigenvalue weighted by molar-refractivity contribution is 0.0931. The SMILES string of the molecule is Cc1cc(C(=O)N[C@H]2CCCN(c3ncccn3)C2)c(=O)[nH]c1C. The molecule has 0 spiro atoms. The van der Waals surface area contributed by atoms with E-state index in [-0.39, 0.29) is 23.1 Å². The molecule has 7 heteroatoms. The third-order valence-corrected chi connectivity index (χ3v) is 4.33. The van der Waals surface area contributed by atoms with E-state index in [0.29, 0.717) is 12.5 Å². The van der Waals surface area contributed by atoms with Crippen molar-refractivity contribution in [3.05, 3.63) is 51.7 Å². The highest BCUT2D eigenvalue weighted by Gasteiger charge is 2.24. The zero-order chi connectivity index (χ0) is 17.1. The van der Waals surface area contributed by atoms with Crippen molar-refractivity contribution in [1.82, 2.24) is 20.3 Å². The van der Waals surface area contributed by atoms with E-state index in [1.807, 2.05) is 13.8 Å². The summed E-state index contributed by atoms with van der Waals surface area (Å²) in [6.45, 7) is 5.19. The largest absolute Gasteiger partial charge is 0.347 e. The minimum Gasteiger partial charge on any atom is -0.347 e. The van der Waals surface area contributed by atoms with E-state index in [0.717, 1.165) is 30.6 Å². The van der Waals surface area contributed by atoms with Gasteiger partial charge in [-0.2, -0.15) is 0 Å². The number of hydrogen-bond donors (Lipinski definition) is 2. The van der Waals surface area contributed by atoms with Crippen LogP contribution in [0.1, 0.15) is 34.5 Å². The summed E-state index contributed by atoms with van der Waals surface area (Å²) in [4.78, 5) is 37.8. The highest BCUT2D eigenvalue weighted by molar-refractivity contribution is 5.94. The van der Waals surface area contributed by atoms with E-state index >= 15 is 0 Å². The van der Waals surface area contributed by atoms with Crippen LogP contribution in [0.2, 0.25) is 0 Å². The van der Waals surface area contributed by atoms with Crippen molar-refractivity contribution in [1.29, 1.82) is 0 Å². The Morgan fingerprint density at radius 1 is 1.33 bits per heavy atom. The summed E-state index contributed by atoms with van der Waals surface area (Å²) in [5, 5.41) is 2.97. The van der Waals surface area contributed by atoms with Gasteiger partial charge in [0, 0.05) is 37.2 Å². The highest BCUT2D eigenvalue weighted by Crippen LogP contribution is 2.15. The topological polar surface area (TPSA) is 91.0 Å². The molecule has 7 nitrogen and oxygen atoms in total. The third-order valence-electron chi connectivity index (χ3n) is 4.33. The number of piperidine rings is 1. The maximum absolute atomic E-state index is 12.5. The third kappa shape index (κ3) is 3.45. The molecule has 1 aliphatic heterocycles. The van der Waals surface area contributed by atoms with Crippen LogP contribution in [-0.2, 0) is 0 Å². The molecule has 3 heterocycles. The average molecular weight is 327 g/mol. The predicted octanol–water partition coefficient (Wildman–Crippen LogP) is 1.18. The lowest BCUT2D eigenvalue weighted by Crippen LogP contribution is -2.49. The molecule has 1 amide bonds. The smallest absolute Gasteiger partial charge is 0.261 e. The fourth-order valence-corrected chi connectivity index (χ4v) is 2.89. The maximum atomic E-state index is 12.5. The zero-order valence-corrected chi connectivity index (χ0v) is 13.9. The second-order valence-corrected chi connectivity index (χ2v) is 6.13. The number of hydrogen-bond acceptors (Lipinski definition) is 5. The van der Waals surface area contributed by atoms with Gasteiger partial charge in [-0.15, -0.1) is 0 Å². The first kappa shape index (κ1) is 16.2. The second-order valence-electron chi connectivity index (χ2n) is 6.13. The van der Waals surface area contributed by atoms with Crippen LogP contribution in [0.5, 0.6) is 0 Å².